The van der Waals surface area contributed by atoms with Crippen molar-refractivity contribution in [1.82, 2.24) is 10.6 Å². The lowest BCUT2D eigenvalue weighted by atomic mass is 9.97. The Morgan fingerprint density at radius 1 is 0.646 bits per heavy atom. The number of amidine groups is 2. The highest BCUT2D eigenvalue weighted by Crippen LogP contribution is 2.36. The molecule has 1 aromatic heterocycles. The zero-order valence-electron chi connectivity index (χ0n) is 27.4. The first-order chi connectivity index (χ1) is 23.6. The lowest BCUT2D eigenvalue weighted by molar-refractivity contribution is 0.668. The maximum atomic E-state index is 6.35. The predicted molar refractivity (Wildman–Crippen MR) is 202 cm³/mol. The molecule has 0 radical (unpaired) electrons. The Kier molecular flexibility index (Phi) is 8.59. The van der Waals surface area contributed by atoms with Crippen LogP contribution in [-0.2, 0) is 0 Å². The van der Waals surface area contributed by atoms with E-state index in [1.165, 1.54) is 0 Å². The molecule has 2 aliphatic rings. The summed E-state index contributed by atoms with van der Waals surface area (Å²) in [6, 6.07) is 33.3. The highest BCUT2D eigenvalue weighted by Gasteiger charge is 2.22. The minimum atomic E-state index is -0.180. The van der Waals surface area contributed by atoms with Crippen LogP contribution < -0.4 is 10.6 Å². The van der Waals surface area contributed by atoms with Gasteiger partial charge in [0, 0.05) is 33.3 Å². The third kappa shape index (κ3) is 5.98. The third-order valence-electron chi connectivity index (χ3n) is 8.80. The second-order valence-electron chi connectivity index (χ2n) is 11.8. The summed E-state index contributed by atoms with van der Waals surface area (Å²) in [5.41, 5.74) is 10.1. The average Bonchev–Trinajstić information content (AvgIpc) is 3.52. The summed E-state index contributed by atoms with van der Waals surface area (Å²) in [7, 11) is 0. The number of fused-ring (bicyclic) bond motifs is 3. The van der Waals surface area contributed by atoms with Gasteiger partial charge in [-0.25, -0.2) is 0 Å². The van der Waals surface area contributed by atoms with Crippen LogP contribution in [-0.4, -0.2) is 11.7 Å². The van der Waals surface area contributed by atoms with E-state index in [1.807, 2.05) is 51.1 Å². The van der Waals surface area contributed by atoms with Gasteiger partial charge in [0.2, 0.25) is 0 Å². The number of nitrogens with zero attached hydrogens (tertiary/aromatic N) is 2. The Hall–Kier alpha value is -5.94. The first kappa shape index (κ1) is 30.7. The zero-order chi connectivity index (χ0) is 33.0. The molecule has 7 rings (SSSR count). The van der Waals surface area contributed by atoms with Crippen molar-refractivity contribution in [3.63, 3.8) is 0 Å². The van der Waals surface area contributed by atoms with Crippen LogP contribution in [0.1, 0.15) is 55.1 Å². The molecule has 4 aromatic carbocycles. The van der Waals surface area contributed by atoms with Crippen LogP contribution in [0.5, 0.6) is 0 Å². The van der Waals surface area contributed by atoms with E-state index in [-0.39, 0.29) is 12.1 Å². The molecule has 0 saturated carbocycles. The van der Waals surface area contributed by atoms with Gasteiger partial charge in [0.25, 0.3) is 0 Å². The Morgan fingerprint density at radius 2 is 1.23 bits per heavy atom. The van der Waals surface area contributed by atoms with Crippen molar-refractivity contribution in [2.45, 2.75) is 32.9 Å². The van der Waals surface area contributed by atoms with Gasteiger partial charge in [0.1, 0.15) is 22.8 Å². The maximum absolute atomic E-state index is 6.35. The number of allylic oxidation sites excluding steroid dienone is 3. The van der Waals surface area contributed by atoms with Gasteiger partial charge in [-0.15, -0.1) is 0 Å². The molecule has 3 heterocycles. The molecule has 0 fully saturated rings. The van der Waals surface area contributed by atoms with Crippen molar-refractivity contribution in [3.05, 3.63) is 180 Å². The van der Waals surface area contributed by atoms with Gasteiger partial charge < -0.3 is 15.1 Å². The van der Waals surface area contributed by atoms with E-state index in [4.69, 9.17) is 14.4 Å². The van der Waals surface area contributed by atoms with Gasteiger partial charge in [-0.2, -0.15) is 0 Å². The summed E-state index contributed by atoms with van der Waals surface area (Å²) in [4.78, 5) is 10.2. The minimum absolute atomic E-state index is 0.127. The first-order valence-corrected chi connectivity index (χ1v) is 16.4. The predicted octanol–water partition coefficient (Wildman–Crippen LogP) is 10.4. The van der Waals surface area contributed by atoms with Crippen LogP contribution in [0.3, 0.4) is 0 Å². The van der Waals surface area contributed by atoms with Gasteiger partial charge in [-0.1, -0.05) is 104 Å². The molecule has 2 N–H and O–H groups in total. The lowest BCUT2D eigenvalue weighted by Crippen LogP contribution is -2.28. The Morgan fingerprint density at radius 3 is 1.88 bits per heavy atom. The summed E-state index contributed by atoms with van der Waals surface area (Å²) < 4.78 is 6.35. The van der Waals surface area contributed by atoms with Crippen LogP contribution in [0.4, 0.5) is 0 Å². The summed E-state index contributed by atoms with van der Waals surface area (Å²) in [5.74, 6) is 1.65. The van der Waals surface area contributed by atoms with Crippen molar-refractivity contribution in [2.24, 2.45) is 9.98 Å². The lowest BCUT2D eigenvalue weighted by Gasteiger charge is -2.24. The van der Waals surface area contributed by atoms with E-state index in [0.717, 1.165) is 78.4 Å². The summed E-state index contributed by atoms with van der Waals surface area (Å²) in [6.45, 7) is 10.1. The largest absolute Gasteiger partial charge is 0.456 e. The number of hydrogen-bond donors (Lipinski definition) is 2. The van der Waals surface area contributed by atoms with E-state index in [2.05, 4.69) is 126 Å². The van der Waals surface area contributed by atoms with Crippen molar-refractivity contribution < 1.29 is 4.42 Å². The summed E-state index contributed by atoms with van der Waals surface area (Å²) in [6.07, 6.45) is 14.5. The smallest absolute Gasteiger partial charge is 0.135 e. The molecule has 5 aromatic rings. The van der Waals surface area contributed by atoms with Crippen molar-refractivity contribution in [2.75, 3.05) is 0 Å². The molecule has 5 heteroatoms. The number of furan rings is 1. The van der Waals surface area contributed by atoms with Gasteiger partial charge in [-0.05, 0) is 85.5 Å². The number of aliphatic imine (C=N–C) groups is 2. The van der Waals surface area contributed by atoms with Crippen LogP contribution in [0.2, 0.25) is 0 Å². The highest BCUT2D eigenvalue weighted by atomic mass is 16.3. The number of benzene rings is 4. The van der Waals surface area contributed by atoms with E-state index in [0.29, 0.717) is 0 Å². The molecule has 0 saturated heterocycles. The fourth-order valence-corrected chi connectivity index (χ4v) is 6.30. The van der Waals surface area contributed by atoms with Crippen molar-refractivity contribution in [3.8, 4) is 0 Å². The molecule has 2 atom stereocenters. The van der Waals surface area contributed by atoms with Gasteiger partial charge in [0.15, 0.2) is 0 Å². The fourth-order valence-electron chi connectivity index (χ4n) is 6.30. The SMILES string of the molecule is C=C/C(=C\C)C1=NC(c2ccccc2)C=C(c2ccc3oc4ccc(C5C=C(c6ccccc6)NC(C(/C=C\C)=C/C)=N5)cc4c3c2)N1. The molecule has 236 valence electrons. The second kappa shape index (κ2) is 13.4. The molecule has 48 heavy (non-hydrogen) atoms. The molecular weight excluding hydrogens is 589 g/mol. The molecule has 2 aliphatic heterocycles. The van der Waals surface area contributed by atoms with Crippen LogP contribution in [0.15, 0.2) is 172 Å². The second-order valence-corrected chi connectivity index (χ2v) is 11.8. The average molecular weight is 627 g/mol. The van der Waals surface area contributed by atoms with Gasteiger partial charge >= 0.3 is 0 Å². The fraction of sp³-hybridized carbons (Fsp3) is 0.116. The number of rotatable bonds is 8. The molecule has 0 bridgehead atoms. The molecule has 0 spiro atoms. The molecular formula is C43H38N4O. The van der Waals surface area contributed by atoms with Crippen LogP contribution in [0.25, 0.3) is 33.3 Å². The molecule has 0 amide bonds. The quantitative estimate of drug-likeness (QED) is 0.169. The molecule has 0 aliphatic carbocycles. The van der Waals surface area contributed by atoms with Gasteiger partial charge in [0.05, 0.1) is 12.1 Å². The third-order valence-corrected chi connectivity index (χ3v) is 8.80. The Bertz CT molecular complexity index is 2230. The topological polar surface area (TPSA) is 61.9 Å². The minimum Gasteiger partial charge on any atom is -0.456 e. The molecule has 5 nitrogen and oxygen atoms in total. The number of nitrogens with one attached hydrogen (secondary N) is 2. The monoisotopic (exact) mass is 626 g/mol. The maximum Gasteiger partial charge on any atom is 0.135 e. The van der Waals surface area contributed by atoms with Crippen LogP contribution >= 0.6 is 0 Å². The zero-order valence-corrected chi connectivity index (χ0v) is 27.4. The van der Waals surface area contributed by atoms with Gasteiger partial charge in [-0.3, -0.25) is 9.98 Å². The Balaban J connectivity index is 1.32. The van der Waals surface area contributed by atoms with Crippen molar-refractivity contribution in [1.29, 1.82) is 0 Å². The standard InChI is InChI=1S/C43H38N4O/c1-5-15-29(8-4)43-45-37(31-18-13-10-14-19-31)27-39(47-43)33-21-23-41-35(25-33)34-24-32(20-22-40(34)48-41)38-26-36(30-16-11-9-12-17-30)44-42(46-38)28(6-2)7-3/h5-27,36,39H,2H2,1,3-4H3,(H,44,46)(H,45,47)/b15-5-,28-7+,29-8+. The number of hydrogen-bond acceptors (Lipinski definition) is 5. The first-order valence-electron chi connectivity index (χ1n) is 16.4. The Labute approximate surface area is 281 Å². The normalized spacial score (nSPS) is 18.6. The molecule has 2 unspecified atom stereocenters. The van der Waals surface area contributed by atoms with Crippen molar-refractivity contribution >= 4 is 45.0 Å². The van der Waals surface area contributed by atoms with Crippen LogP contribution in [0, 0.1) is 0 Å². The van der Waals surface area contributed by atoms with E-state index >= 15 is 0 Å². The summed E-state index contributed by atoms with van der Waals surface area (Å²) >= 11 is 0. The van der Waals surface area contributed by atoms with E-state index in [9.17, 15) is 0 Å². The summed E-state index contributed by atoms with van der Waals surface area (Å²) in [5, 5.41) is 9.28. The van der Waals surface area contributed by atoms with E-state index in [1.54, 1.807) is 0 Å². The van der Waals surface area contributed by atoms with E-state index < -0.39 is 0 Å². The highest BCUT2D eigenvalue weighted by molar-refractivity contribution is 6.09.